The van der Waals surface area contributed by atoms with E-state index in [4.69, 9.17) is 4.74 Å². The molecule has 0 aromatic rings. The number of nitrogens with zero attached hydrogens (tertiary/aromatic N) is 1. The topological polar surface area (TPSA) is 69.7 Å². The Morgan fingerprint density at radius 1 is 1.53 bits per heavy atom. The van der Waals surface area contributed by atoms with Crippen molar-refractivity contribution in [3.05, 3.63) is 0 Å². The van der Waals surface area contributed by atoms with Gasteiger partial charge < -0.3 is 14.2 Å². The van der Waals surface area contributed by atoms with Gasteiger partial charge in [0.2, 0.25) is 0 Å². The minimum Gasteiger partial charge on any atom is -0.772 e. The average molecular weight is 271 g/mol. The molecule has 0 N–H and O–H groups in total. The molecular formula is C10H18NNaO4S. The van der Waals surface area contributed by atoms with Gasteiger partial charge in [-0.3, -0.25) is 4.21 Å². The van der Waals surface area contributed by atoms with Crippen LogP contribution in [0.1, 0.15) is 33.6 Å². The van der Waals surface area contributed by atoms with Crippen LogP contribution in [0, 0.1) is 0 Å². The van der Waals surface area contributed by atoms with Gasteiger partial charge in [0.25, 0.3) is 0 Å². The second kappa shape index (κ2) is 7.09. The maximum absolute atomic E-state index is 11.8. The Balaban J connectivity index is 0.00000256. The van der Waals surface area contributed by atoms with E-state index in [0.717, 1.165) is 12.8 Å². The molecule has 1 saturated heterocycles. The van der Waals surface area contributed by atoms with E-state index in [-0.39, 0.29) is 41.4 Å². The molecule has 1 aliphatic heterocycles. The van der Waals surface area contributed by atoms with Crippen LogP contribution in [0.3, 0.4) is 0 Å². The maximum Gasteiger partial charge on any atom is 1.00 e. The molecule has 0 radical (unpaired) electrons. The van der Waals surface area contributed by atoms with Crippen LogP contribution in [0.4, 0.5) is 4.79 Å². The largest absolute Gasteiger partial charge is 1.00 e. The van der Waals surface area contributed by atoms with Crippen molar-refractivity contribution in [3.8, 4) is 0 Å². The first-order valence-electron chi connectivity index (χ1n) is 5.35. The molecule has 0 aromatic carbocycles. The molecule has 0 aromatic heterocycles. The van der Waals surface area contributed by atoms with E-state index in [1.165, 1.54) is 4.90 Å². The van der Waals surface area contributed by atoms with E-state index in [1.807, 2.05) is 0 Å². The smallest absolute Gasteiger partial charge is 0.772 e. The van der Waals surface area contributed by atoms with E-state index in [2.05, 4.69) is 0 Å². The van der Waals surface area contributed by atoms with E-state index < -0.39 is 22.8 Å². The van der Waals surface area contributed by atoms with Crippen molar-refractivity contribution in [2.45, 2.75) is 45.3 Å². The molecule has 7 heteroatoms. The number of hydrogen-bond acceptors (Lipinski definition) is 4. The van der Waals surface area contributed by atoms with Crippen LogP contribution in [0.25, 0.3) is 0 Å². The third kappa shape index (κ3) is 6.20. The number of amides is 1. The summed E-state index contributed by atoms with van der Waals surface area (Å²) in [5.41, 5.74) is -0.541. The summed E-state index contributed by atoms with van der Waals surface area (Å²) in [5.74, 6) is -0.000751. The zero-order valence-corrected chi connectivity index (χ0v) is 13.7. The minimum atomic E-state index is -2.12. The zero-order valence-electron chi connectivity index (χ0n) is 10.9. The molecule has 2 atom stereocenters. The van der Waals surface area contributed by atoms with Crippen molar-refractivity contribution >= 4 is 17.2 Å². The van der Waals surface area contributed by atoms with Gasteiger partial charge in [-0.2, -0.15) is 0 Å². The predicted octanol–water partition coefficient (Wildman–Crippen LogP) is -1.73. The van der Waals surface area contributed by atoms with Gasteiger partial charge in [0.1, 0.15) is 5.60 Å². The molecule has 0 spiro atoms. The Kier molecular flexibility index (Phi) is 7.25. The molecular weight excluding hydrogens is 253 g/mol. The molecule has 5 nitrogen and oxygen atoms in total. The first kappa shape index (κ1) is 17.4. The van der Waals surface area contributed by atoms with Crippen molar-refractivity contribution in [2.24, 2.45) is 0 Å². The third-order valence-electron chi connectivity index (χ3n) is 2.33. The van der Waals surface area contributed by atoms with Gasteiger partial charge in [-0.25, -0.2) is 4.79 Å². The van der Waals surface area contributed by atoms with Gasteiger partial charge in [0.05, 0.1) is 0 Å². The Morgan fingerprint density at radius 2 is 2.12 bits per heavy atom. The molecule has 1 fully saturated rings. The van der Waals surface area contributed by atoms with Gasteiger partial charge >= 0.3 is 35.7 Å². The monoisotopic (exact) mass is 271 g/mol. The van der Waals surface area contributed by atoms with Crippen molar-refractivity contribution in [2.75, 3.05) is 12.3 Å². The summed E-state index contributed by atoms with van der Waals surface area (Å²) in [7, 11) is 0. The SMILES string of the molecule is CC(C)(C)OC(=O)N1CCCC1CS(=O)[O-].[Na+]. The van der Waals surface area contributed by atoms with E-state index in [1.54, 1.807) is 20.8 Å². The van der Waals surface area contributed by atoms with Crippen LogP contribution in [0.2, 0.25) is 0 Å². The zero-order chi connectivity index (χ0) is 12.3. The predicted molar refractivity (Wildman–Crippen MR) is 59.7 cm³/mol. The Morgan fingerprint density at radius 3 is 2.59 bits per heavy atom. The summed E-state index contributed by atoms with van der Waals surface area (Å²) in [5, 5.41) is 0. The van der Waals surface area contributed by atoms with Crippen molar-refractivity contribution in [1.82, 2.24) is 4.90 Å². The van der Waals surface area contributed by atoms with Gasteiger partial charge in [0, 0.05) is 18.3 Å². The number of likely N-dealkylation sites (tertiary alicyclic amines) is 1. The second-order valence-corrected chi connectivity index (χ2v) is 5.88. The third-order valence-corrected chi connectivity index (χ3v) is 2.99. The Labute approximate surface area is 127 Å². The van der Waals surface area contributed by atoms with Crippen LogP contribution in [-0.2, 0) is 15.8 Å². The summed E-state index contributed by atoms with van der Waals surface area (Å²) in [6.07, 6.45) is 1.15. The standard InChI is InChI=1S/C10H19NO4S.Na/c1-10(2,3)15-9(12)11-6-4-5-8(11)7-16(13)14;/h8H,4-7H2,1-3H3,(H,13,14);/q;+1/p-1. The molecule has 94 valence electrons. The first-order chi connectivity index (χ1) is 7.29. The van der Waals surface area contributed by atoms with Gasteiger partial charge in [0.15, 0.2) is 0 Å². The van der Waals surface area contributed by atoms with Gasteiger partial charge in [-0.1, -0.05) is 11.1 Å². The van der Waals surface area contributed by atoms with Crippen LogP contribution < -0.4 is 29.6 Å². The maximum atomic E-state index is 11.8. The van der Waals surface area contributed by atoms with Crippen molar-refractivity contribution in [3.63, 3.8) is 0 Å². The summed E-state index contributed by atoms with van der Waals surface area (Å²) in [6, 6.07) is -0.229. The summed E-state index contributed by atoms with van der Waals surface area (Å²) in [6.45, 7) is 5.96. The average Bonchev–Trinajstić information content (AvgIpc) is 2.47. The molecule has 1 rings (SSSR count). The molecule has 2 unspecified atom stereocenters. The van der Waals surface area contributed by atoms with Crippen molar-refractivity contribution < 1.29 is 47.9 Å². The van der Waals surface area contributed by atoms with Crippen LogP contribution in [-0.4, -0.2) is 43.7 Å². The Bertz CT molecular complexity index is 293. The number of carbonyl (C=O) groups excluding carboxylic acids is 1. The van der Waals surface area contributed by atoms with Gasteiger partial charge in [-0.05, 0) is 33.6 Å². The Hall–Kier alpha value is 0.380. The summed E-state index contributed by atoms with van der Waals surface area (Å²) >= 11 is -2.12. The molecule has 17 heavy (non-hydrogen) atoms. The van der Waals surface area contributed by atoms with Crippen LogP contribution in [0.15, 0.2) is 0 Å². The normalized spacial score (nSPS) is 21.9. The summed E-state index contributed by atoms with van der Waals surface area (Å²) < 4.78 is 26.5. The number of ether oxygens (including phenoxy) is 1. The summed E-state index contributed by atoms with van der Waals surface area (Å²) in [4.78, 5) is 13.3. The van der Waals surface area contributed by atoms with Gasteiger partial charge in [-0.15, -0.1) is 0 Å². The van der Waals surface area contributed by atoms with Crippen LogP contribution in [0.5, 0.6) is 0 Å². The van der Waals surface area contributed by atoms with E-state index in [9.17, 15) is 13.6 Å². The van der Waals surface area contributed by atoms with Crippen LogP contribution >= 0.6 is 0 Å². The number of carbonyl (C=O) groups is 1. The quantitative estimate of drug-likeness (QED) is 0.442. The molecule has 1 aliphatic rings. The fourth-order valence-electron chi connectivity index (χ4n) is 1.73. The molecule has 0 saturated carbocycles. The molecule has 1 amide bonds. The first-order valence-corrected chi connectivity index (χ1v) is 6.59. The molecule has 0 aliphatic carbocycles. The van der Waals surface area contributed by atoms with E-state index >= 15 is 0 Å². The van der Waals surface area contributed by atoms with E-state index in [0.29, 0.717) is 6.54 Å². The second-order valence-electron chi connectivity index (χ2n) is 4.94. The number of rotatable bonds is 2. The fraction of sp³-hybridized carbons (Fsp3) is 0.900. The molecule has 1 heterocycles. The number of hydrogen-bond donors (Lipinski definition) is 0. The fourth-order valence-corrected chi connectivity index (χ4v) is 2.39. The minimum absolute atomic E-state index is 0. The van der Waals surface area contributed by atoms with Crippen molar-refractivity contribution in [1.29, 1.82) is 0 Å². The molecule has 0 bridgehead atoms.